The molecule has 1 rings (SSSR count). The van der Waals surface area contributed by atoms with Crippen molar-refractivity contribution in [3.63, 3.8) is 0 Å². The summed E-state index contributed by atoms with van der Waals surface area (Å²) < 4.78 is 10.7. The average molecular weight is 312 g/mol. The van der Waals surface area contributed by atoms with E-state index in [0.29, 0.717) is 12.5 Å². The van der Waals surface area contributed by atoms with Gasteiger partial charge in [-0.2, -0.15) is 0 Å². The van der Waals surface area contributed by atoms with Crippen molar-refractivity contribution in [1.29, 1.82) is 0 Å². The summed E-state index contributed by atoms with van der Waals surface area (Å²) in [6, 6.07) is 0. The molecule has 4 heteroatoms. The van der Waals surface area contributed by atoms with E-state index in [1.54, 1.807) is 0 Å². The van der Waals surface area contributed by atoms with Crippen molar-refractivity contribution in [1.82, 2.24) is 0 Å². The normalized spacial score (nSPS) is 21.9. The van der Waals surface area contributed by atoms with Crippen LogP contribution in [0, 0.1) is 17.8 Å². The highest BCUT2D eigenvalue weighted by molar-refractivity contribution is 5.82. The third kappa shape index (κ3) is 6.80. The van der Waals surface area contributed by atoms with Crippen molar-refractivity contribution in [2.24, 2.45) is 17.8 Å². The summed E-state index contributed by atoms with van der Waals surface area (Å²) in [7, 11) is 0. The van der Waals surface area contributed by atoms with Gasteiger partial charge >= 0.3 is 11.9 Å². The van der Waals surface area contributed by atoms with Crippen LogP contribution in [0.15, 0.2) is 0 Å². The lowest BCUT2D eigenvalue weighted by Crippen LogP contribution is -2.36. The van der Waals surface area contributed by atoms with E-state index in [1.165, 1.54) is 0 Å². The minimum atomic E-state index is -0.320. The Labute approximate surface area is 134 Å². The molecular weight excluding hydrogens is 280 g/mol. The lowest BCUT2D eigenvalue weighted by molar-refractivity contribution is -0.165. The van der Waals surface area contributed by atoms with E-state index in [-0.39, 0.29) is 29.9 Å². The van der Waals surface area contributed by atoms with E-state index in [1.807, 2.05) is 13.8 Å². The summed E-state index contributed by atoms with van der Waals surface area (Å²) in [6.45, 7) is 8.53. The van der Waals surface area contributed by atoms with E-state index >= 15 is 0 Å². The summed E-state index contributed by atoms with van der Waals surface area (Å²) in [4.78, 5) is 24.4. The number of carbonyl (C=O) groups excluding carboxylic acids is 2. The third-order valence-corrected chi connectivity index (χ3v) is 4.14. The van der Waals surface area contributed by atoms with E-state index < -0.39 is 0 Å². The fourth-order valence-corrected chi connectivity index (χ4v) is 2.95. The number of esters is 2. The molecule has 0 aromatic heterocycles. The molecule has 0 radical (unpaired) electrons. The van der Waals surface area contributed by atoms with E-state index in [2.05, 4.69) is 13.8 Å². The zero-order chi connectivity index (χ0) is 16.5. The smallest absolute Gasteiger partial charge is 0.310 e. The van der Waals surface area contributed by atoms with Gasteiger partial charge in [-0.15, -0.1) is 0 Å². The molecule has 2 atom stereocenters. The molecule has 0 spiro atoms. The highest BCUT2D eigenvalue weighted by atomic mass is 16.5. The van der Waals surface area contributed by atoms with Gasteiger partial charge in [0.2, 0.25) is 0 Å². The van der Waals surface area contributed by atoms with Gasteiger partial charge < -0.3 is 9.47 Å². The second-order valence-corrected chi connectivity index (χ2v) is 7.04. The van der Waals surface area contributed by atoms with Crippen molar-refractivity contribution < 1.29 is 19.1 Å². The zero-order valence-corrected chi connectivity index (χ0v) is 14.6. The third-order valence-electron chi connectivity index (χ3n) is 4.14. The highest BCUT2D eigenvalue weighted by Crippen LogP contribution is 2.32. The number of hydrogen-bond donors (Lipinski definition) is 0. The molecule has 0 heterocycles. The molecule has 2 unspecified atom stereocenters. The van der Waals surface area contributed by atoms with Crippen LogP contribution in [0.25, 0.3) is 0 Å². The van der Waals surface area contributed by atoms with Gasteiger partial charge in [-0.3, -0.25) is 9.59 Å². The first-order valence-electron chi connectivity index (χ1n) is 8.79. The van der Waals surface area contributed by atoms with Gasteiger partial charge in [0.15, 0.2) is 0 Å². The van der Waals surface area contributed by atoms with Crippen molar-refractivity contribution in [3.05, 3.63) is 0 Å². The van der Waals surface area contributed by atoms with Crippen LogP contribution in [0.3, 0.4) is 0 Å². The van der Waals surface area contributed by atoms with Gasteiger partial charge in [0.05, 0.1) is 24.5 Å². The van der Waals surface area contributed by atoms with Crippen LogP contribution in [0.4, 0.5) is 0 Å². The molecule has 0 aromatic rings. The van der Waals surface area contributed by atoms with Crippen molar-refractivity contribution in [2.75, 3.05) is 6.61 Å². The molecular formula is C18H32O4. The minimum absolute atomic E-state index is 0.137. The predicted octanol–water partition coefficient (Wildman–Crippen LogP) is 4.11. The fourth-order valence-electron chi connectivity index (χ4n) is 2.95. The van der Waals surface area contributed by atoms with Gasteiger partial charge in [0.1, 0.15) is 0 Å². The lowest BCUT2D eigenvalue weighted by atomic mass is 9.79. The topological polar surface area (TPSA) is 52.6 Å². The highest BCUT2D eigenvalue weighted by Gasteiger charge is 2.38. The van der Waals surface area contributed by atoms with E-state index in [0.717, 1.165) is 44.9 Å². The molecule has 1 saturated carbocycles. The monoisotopic (exact) mass is 312 g/mol. The first kappa shape index (κ1) is 19.0. The Hall–Kier alpha value is -1.06. The second kappa shape index (κ2) is 9.86. The van der Waals surface area contributed by atoms with Gasteiger partial charge in [0.25, 0.3) is 0 Å². The van der Waals surface area contributed by atoms with Crippen LogP contribution >= 0.6 is 0 Å². The maximum Gasteiger partial charge on any atom is 0.310 e. The molecule has 22 heavy (non-hydrogen) atoms. The summed E-state index contributed by atoms with van der Waals surface area (Å²) >= 11 is 0. The Morgan fingerprint density at radius 2 is 1.55 bits per heavy atom. The van der Waals surface area contributed by atoms with Crippen LogP contribution in [0.5, 0.6) is 0 Å². The summed E-state index contributed by atoms with van der Waals surface area (Å²) in [6.07, 6.45) is 6.44. The van der Waals surface area contributed by atoms with Crippen molar-refractivity contribution in [3.8, 4) is 0 Å². The average Bonchev–Trinajstić information content (AvgIpc) is 2.45. The maximum atomic E-state index is 12.3. The van der Waals surface area contributed by atoms with Gasteiger partial charge in [-0.1, -0.05) is 33.1 Å². The predicted molar refractivity (Wildman–Crippen MR) is 86.3 cm³/mol. The number of unbranched alkanes of at least 4 members (excludes halogenated alkanes) is 1. The van der Waals surface area contributed by atoms with Gasteiger partial charge in [-0.25, -0.2) is 0 Å². The van der Waals surface area contributed by atoms with Gasteiger partial charge in [-0.05, 0) is 45.4 Å². The molecule has 1 fully saturated rings. The lowest BCUT2D eigenvalue weighted by Gasteiger charge is -2.28. The molecule has 0 aromatic carbocycles. The summed E-state index contributed by atoms with van der Waals surface area (Å²) in [5.74, 6) is -0.403. The van der Waals surface area contributed by atoms with E-state index in [4.69, 9.17) is 9.47 Å². The van der Waals surface area contributed by atoms with Crippen LogP contribution in [-0.2, 0) is 19.1 Å². The summed E-state index contributed by atoms with van der Waals surface area (Å²) in [5, 5.41) is 0. The van der Waals surface area contributed by atoms with Crippen molar-refractivity contribution >= 4 is 11.9 Å². The van der Waals surface area contributed by atoms with Crippen LogP contribution in [0.1, 0.15) is 72.6 Å². The number of rotatable bonds is 8. The maximum absolute atomic E-state index is 12.3. The first-order chi connectivity index (χ1) is 10.4. The molecule has 128 valence electrons. The van der Waals surface area contributed by atoms with E-state index in [9.17, 15) is 9.59 Å². The molecule has 0 bridgehead atoms. The summed E-state index contributed by atoms with van der Waals surface area (Å²) in [5.41, 5.74) is 0. The molecule has 0 amide bonds. The van der Waals surface area contributed by atoms with Crippen LogP contribution in [0.2, 0.25) is 0 Å². The Kier molecular flexibility index (Phi) is 8.51. The Morgan fingerprint density at radius 3 is 2.09 bits per heavy atom. The van der Waals surface area contributed by atoms with Crippen molar-refractivity contribution in [2.45, 2.75) is 78.7 Å². The SMILES string of the molecule is CC(C)CCCCOC(=O)C1CCCCC1C(=O)OC(C)C. The molecule has 0 N–H and O–H groups in total. The quantitative estimate of drug-likeness (QED) is 0.500. The Bertz CT molecular complexity index is 349. The number of ether oxygens (including phenoxy) is 2. The van der Waals surface area contributed by atoms with Crippen LogP contribution < -0.4 is 0 Å². The van der Waals surface area contributed by atoms with Crippen LogP contribution in [-0.4, -0.2) is 24.6 Å². The zero-order valence-electron chi connectivity index (χ0n) is 14.6. The standard InChI is InChI=1S/C18H32O4/c1-13(2)9-7-8-12-21-17(19)15-10-5-6-11-16(15)18(20)22-14(3)4/h13-16H,5-12H2,1-4H3. The fraction of sp³-hybridized carbons (Fsp3) is 0.889. The van der Waals surface area contributed by atoms with Gasteiger partial charge in [0, 0.05) is 0 Å². The Morgan fingerprint density at radius 1 is 0.955 bits per heavy atom. The molecule has 0 aliphatic heterocycles. The molecule has 4 nitrogen and oxygen atoms in total. The molecule has 1 aliphatic carbocycles. The minimum Gasteiger partial charge on any atom is -0.465 e. The molecule has 1 aliphatic rings. The molecule has 0 saturated heterocycles. The largest absolute Gasteiger partial charge is 0.465 e. The first-order valence-corrected chi connectivity index (χ1v) is 8.79. The Balaban J connectivity index is 2.41. The number of hydrogen-bond acceptors (Lipinski definition) is 4. The second-order valence-electron chi connectivity index (χ2n) is 7.04. The number of carbonyl (C=O) groups is 2.